The monoisotopic (exact) mass is 386 g/mol. The van der Waals surface area contributed by atoms with Crippen LogP contribution < -0.4 is 4.90 Å². The van der Waals surface area contributed by atoms with Gasteiger partial charge in [0.15, 0.2) is 5.13 Å². The zero-order valence-electron chi connectivity index (χ0n) is 14.7. The van der Waals surface area contributed by atoms with Gasteiger partial charge in [-0.2, -0.15) is 0 Å². The van der Waals surface area contributed by atoms with Crippen molar-refractivity contribution in [3.05, 3.63) is 62.8 Å². The zero-order valence-corrected chi connectivity index (χ0v) is 16.3. The normalized spacial score (nSPS) is 10.6. The van der Waals surface area contributed by atoms with Crippen LogP contribution in [-0.2, 0) is 16.1 Å². The number of anilines is 2. The first-order chi connectivity index (χ1) is 12.4. The standard InChI is InChI=1S/C19H18N2O3S2/c1-12-5-4-6-16(9-12)21(14(3)22)19-20-15(11-25-19)10-24-18(23)17-8-7-13(2)26-17/h4-9,11H,10H2,1-3H3. The molecule has 0 fully saturated rings. The highest BCUT2D eigenvalue weighted by Gasteiger charge is 2.19. The molecule has 2 aromatic heterocycles. The molecule has 0 saturated heterocycles. The van der Waals surface area contributed by atoms with Gasteiger partial charge in [0, 0.05) is 17.2 Å². The molecule has 0 radical (unpaired) electrons. The topological polar surface area (TPSA) is 59.5 Å². The molecule has 1 aromatic carbocycles. The van der Waals surface area contributed by atoms with Crippen LogP contribution in [-0.4, -0.2) is 16.9 Å². The van der Waals surface area contributed by atoms with E-state index in [0.29, 0.717) is 15.7 Å². The number of aromatic nitrogens is 1. The molecule has 3 aromatic rings. The summed E-state index contributed by atoms with van der Waals surface area (Å²) < 4.78 is 5.32. The van der Waals surface area contributed by atoms with Gasteiger partial charge in [-0.05, 0) is 43.7 Å². The van der Waals surface area contributed by atoms with Crippen molar-refractivity contribution in [1.82, 2.24) is 4.98 Å². The summed E-state index contributed by atoms with van der Waals surface area (Å²) >= 11 is 2.74. The Morgan fingerprint density at radius 3 is 2.65 bits per heavy atom. The Bertz CT molecular complexity index is 946. The van der Waals surface area contributed by atoms with E-state index in [9.17, 15) is 9.59 Å². The summed E-state index contributed by atoms with van der Waals surface area (Å²) in [7, 11) is 0. The lowest BCUT2D eigenvalue weighted by atomic mass is 10.2. The van der Waals surface area contributed by atoms with Crippen LogP contribution in [0.15, 0.2) is 41.8 Å². The van der Waals surface area contributed by atoms with Gasteiger partial charge in [-0.25, -0.2) is 9.78 Å². The van der Waals surface area contributed by atoms with Gasteiger partial charge in [0.2, 0.25) is 5.91 Å². The molecule has 0 N–H and O–H groups in total. The van der Waals surface area contributed by atoms with Crippen LogP contribution >= 0.6 is 22.7 Å². The highest BCUT2D eigenvalue weighted by molar-refractivity contribution is 7.14. The molecular weight excluding hydrogens is 368 g/mol. The molecule has 0 bridgehead atoms. The lowest BCUT2D eigenvalue weighted by molar-refractivity contribution is -0.115. The SMILES string of the molecule is CC(=O)N(c1cccc(C)c1)c1nc(COC(=O)c2ccc(C)s2)cs1. The first-order valence-corrected chi connectivity index (χ1v) is 9.69. The molecule has 2 heterocycles. The first-order valence-electron chi connectivity index (χ1n) is 7.99. The molecule has 0 aliphatic heterocycles. The molecule has 0 aliphatic carbocycles. The quantitative estimate of drug-likeness (QED) is 0.587. The third-order valence-electron chi connectivity index (χ3n) is 3.60. The molecule has 1 amide bonds. The minimum Gasteiger partial charge on any atom is -0.455 e. The van der Waals surface area contributed by atoms with Gasteiger partial charge in [0.1, 0.15) is 11.5 Å². The maximum atomic E-state index is 12.1. The smallest absolute Gasteiger partial charge is 0.348 e. The molecule has 26 heavy (non-hydrogen) atoms. The van der Waals surface area contributed by atoms with Gasteiger partial charge in [-0.15, -0.1) is 22.7 Å². The molecule has 3 rings (SSSR count). The van der Waals surface area contributed by atoms with Crippen molar-refractivity contribution in [3.63, 3.8) is 0 Å². The van der Waals surface area contributed by atoms with Crippen LogP contribution in [0.25, 0.3) is 0 Å². The van der Waals surface area contributed by atoms with Gasteiger partial charge in [-0.3, -0.25) is 9.69 Å². The van der Waals surface area contributed by atoms with Crippen molar-refractivity contribution in [2.45, 2.75) is 27.4 Å². The highest BCUT2D eigenvalue weighted by atomic mass is 32.1. The van der Waals surface area contributed by atoms with E-state index in [4.69, 9.17) is 4.74 Å². The van der Waals surface area contributed by atoms with Crippen molar-refractivity contribution in [2.75, 3.05) is 4.90 Å². The van der Waals surface area contributed by atoms with Gasteiger partial charge in [-0.1, -0.05) is 12.1 Å². The molecule has 0 spiro atoms. The summed E-state index contributed by atoms with van der Waals surface area (Å²) in [6, 6.07) is 11.3. The maximum absolute atomic E-state index is 12.1. The number of amides is 1. The van der Waals surface area contributed by atoms with Crippen LogP contribution in [0.1, 0.15) is 32.7 Å². The number of ether oxygens (including phenoxy) is 1. The predicted molar refractivity (Wildman–Crippen MR) is 104 cm³/mol. The fourth-order valence-electron chi connectivity index (χ4n) is 2.41. The van der Waals surface area contributed by atoms with Gasteiger partial charge in [0.05, 0.1) is 11.4 Å². The number of carbonyl (C=O) groups excluding carboxylic acids is 2. The zero-order chi connectivity index (χ0) is 18.7. The summed E-state index contributed by atoms with van der Waals surface area (Å²) in [4.78, 5) is 31.8. The summed E-state index contributed by atoms with van der Waals surface area (Å²) in [6.45, 7) is 5.49. The largest absolute Gasteiger partial charge is 0.455 e. The van der Waals surface area contributed by atoms with E-state index in [0.717, 1.165) is 16.1 Å². The lowest BCUT2D eigenvalue weighted by Crippen LogP contribution is -2.22. The fourth-order valence-corrected chi connectivity index (χ4v) is 4.05. The van der Waals surface area contributed by atoms with E-state index >= 15 is 0 Å². The van der Waals surface area contributed by atoms with Crippen molar-refractivity contribution in [2.24, 2.45) is 0 Å². The number of hydrogen-bond donors (Lipinski definition) is 0. The minimum absolute atomic E-state index is 0.0752. The Morgan fingerprint density at radius 2 is 2.00 bits per heavy atom. The average molecular weight is 386 g/mol. The number of benzene rings is 1. The Balaban J connectivity index is 1.73. The Labute approximate surface area is 159 Å². The lowest BCUT2D eigenvalue weighted by Gasteiger charge is -2.18. The van der Waals surface area contributed by atoms with Crippen LogP contribution in [0.3, 0.4) is 0 Å². The third kappa shape index (κ3) is 4.17. The van der Waals surface area contributed by atoms with Crippen LogP contribution in [0.4, 0.5) is 10.8 Å². The van der Waals surface area contributed by atoms with E-state index in [1.54, 1.807) is 16.3 Å². The van der Waals surface area contributed by atoms with E-state index in [2.05, 4.69) is 4.98 Å². The number of thiophene rings is 1. The van der Waals surface area contributed by atoms with Crippen molar-refractivity contribution < 1.29 is 14.3 Å². The average Bonchev–Trinajstić information content (AvgIpc) is 3.22. The third-order valence-corrected chi connectivity index (χ3v) is 5.45. The molecule has 0 saturated carbocycles. The number of aryl methyl sites for hydroxylation is 2. The predicted octanol–water partition coefficient (Wildman–Crippen LogP) is 4.86. The molecule has 0 atom stereocenters. The number of rotatable bonds is 5. The summed E-state index contributed by atoms with van der Waals surface area (Å²) in [5.74, 6) is -0.484. The number of esters is 1. The Morgan fingerprint density at radius 1 is 1.19 bits per heavy atom. The van der Waals surface area contributed by atoms with Crippen molar-refractivity contribution in [3.8, 4) is 0 Å². The summed E-state index contributed by atoms with van der Waals surface area (Å²) in [5.41, 5.74) is 2.45. The number of nitrogens with zero attached hydrogens (tertiary/aromatic N) is 2. The second kappa shape index (κ2) is 7.80. The van der Waals surface area contributed by atoms with E-state index in [1.165, 1.54) is 29.6 Å². The van der Waals surface area contributed by atoms with Crippen LogP contribution in [0.5, 0.6) is 0 Å². The van der Waals surface area contributed by atoms with Crippen molar-refractivity contribution in [1.29, 1.82) is 0 Å². The molecule has 7 heteroatoms. The maximum Gasteiger partial charge on any atom is 0.348 e. The Hall–Kier alpha value is -2.51. The van der Waals surface area contributed by atoms with Gasteiger partial charge in [0.25, 0.3) is 0 Å². The fraction of sp³-hybridized carbons (Fsp3) is 0.211. The molecular formula is C19H18N2O3S2. The van der Waals surface area contributed by atoms with Gasteiger partial charge >= 0.3 is 5.97 Å². The van der Waals surface area contributed by atoms with Gasteiger partial charge < -0.3 is 4.74 Å². The van der Waals surface area contributed by atoms with E-state index in [-0.39, 0.29) is 18.5 Å². The second-order valence-corrected chi connectivity index (χ2v) is 7.93. The van der Waals surface area contributed by atoms with E-state index < -0.39 is 0 Å². The van der Waals surface area contributed by atoms with Crippen molar-refractivity contribution >= 4 is 45.4 Å². The number of thiazole rings is 1. The number of hydrogen-bond acceptors (Lipinski definition) is 6. The van der Waals surface area contributed by atoms with Crippen LogP contribution in [0, 0.1) is 13.8 Å². The van der Waals surface area contributed by atoms with E-state index in [1.807, 2.05) is 44.2 Å². The Kier molecular flexibility index (Phi) is 5.49. The minimum atomic E-state index is -0.361. The second-order valence-electron chi connectivity index (χ2n) is 5.80. The molecule has 134 valence electrons. The number of carbonyl (C=O) groups is 2. The summed E-state index contributed by atoms with van der Waals surface area (Å²) in [5, 5.41) is 2.36. The molecule has 5 nitrogen and oxygen atoms in total. The summed E-state index contributed by atoms with van der Waals surface area (Å²) in [6.07, 6.45) is 0. The first kappa shape index (κ1) is 18.3. The molecule has 0 aliphatic rings. The van der Waals surface area contributed by atoms with Crippen LogP contribution in [0.2, 0.25) is 0 Å². The molecule has 0 unspecified atom stereocenters. The highest BCUT2D eigenvalue weighted by Crippen LogP contribution is 2.29.